The van der Waals surface area contributed by atoms with Crippen molar-refractivity contribution in [3.8, 4) is 0 Å². The molecule has 1 fully saturated rings. The van der Waals surface area contributed by atoms with Crippen LogP contribution in [-0.2, 0) is 21.4 Å². The Bertz CT molecular complexity index is 554. The van der Waals surface area contributed by atoms with Gasteiger partial charge in [-0.1, -0.05) is 0 Å². The molecule has 0 amide bonds. The van der Waals surface area contributed by atoms with Crippen molar-refractivity contribution in [3.05, 3.63) is 17.0 Å². The standard InChI is InChI=1S/C9H12N2O4S3/c10-18(14,15)8-2-1-6(17-8)3-11-5-16-4-7(11)9(12)13/h1-2,7H,3-5H2,(H,12,13)(H2,10,14,15)/t7-/m1/s1. The number of nitrogens with two attached hydrogens (primary N) is 1. The molecule has 0 bridgehead atoms. The number of nitrogens with zero attached hydrogens (tertiary/aromatic N) is 1. The van der Waals surface area contributed by atoms with Crippen LogP contribution in [-0.4, -0.2) is 42.1 Å². The van der Waals surface area contributed by atoms with Gasteiger partial charge in [0.2, 0.25) is 10.0 Å². The first-order valence-corrected chi connectivity index (χ1v) is 8.56. The Morgan fingerprint density at radius 3 is 2.83 bits per heavy atom. The molecule has 1 aromatic rings. The highest BCUT2D eigenvalue weighted by atomic mass is 32.2. The van der Waals surface area contributed by atoms with Gasteiger partial charge in [0.05, 0.1) is 0 Å². The third-order valence-electron chi connectivity index (χ3n) is 2.54. The fourth-order valence-electron chi connectivity index (χ4n) is 1.66. The van der Waals surface area contributed by atoms with Crippen LogP contribution in [0.4, 0.5) is 0 Å². The van der Waals surface area contributed by atoms with Crippen LogP contribution in [0, 0.1) is 0 Å². The van der Waals surface area contributed by atoms with E-state index in [2.05, 4.69) is 0 Å². The summed E-state index contributed by atoms with van der Waals surface area (Å²) >= 11 is 2.64. The topological polar surface area (TPSA) is 101 Å². The quantitative estimate of drug-likeness (QED) is 0.832. The second kappa shape index (κ2) is 5.17. The summed E-state index contributed by atoms with van der Waals surface area (Å²) in [5, 5.41) is 14.1. The molecular weight excluding hydrogens is 296 g/mol. The van der Waals surface area contributed by atoms with Crippen LogP contribution in [0.2, 0.25) is 0 Å². The summed E-state index contributed by atoms with van der Waals surface area (Å²) in [5.41, 5.74) is 0. The molecule has 0 unspecified atom stereocenters. The van der Waals surface area contributed by atoms with Gasteiger partial charge in [0.15, 0.2) is 0 Å². The largest absolute Gasteiger partial charge is 0.480 e. The molecular formula is C9H12N2O4S3. The van der Waals surface area contributed by atoms with Crippen LogP contribution in [0.1, 0.15) is 4.88 Å². The van der Waals surface area contributed by atoms with Crippen molar-refractivity contribution in [2.45, 2.75) is 16.8 Å². The maximum absolute atomic E-state index is 11.1. The van der Waals surface area contributed by atoms with E-state index in [-0.39, 0.29) is 4.21 Å². The molecule has 6 nitrogen and oxygen atoms in total. The fraction of sp³-hybridized carbons (Fsp3) is 0.444. The number of hydrogen-bond acceptors (Lipinski definition) is 6. The van der Waals surface area contributed by atoms with E-state index in [0.717, 1.165) is 16.2 Å². The number of thiophene rings is 1. The van der Waals surface area contributed by atoms with Gasteiger partial charge in [0.1, 0.15) is 10.3 Å². The molecule has 1 aliphatic heterocycles. The molecule has 1 aliphatic rings. The van der Waals surface area contributed by atoms with Crippen molar-refractivity contribution < 1.29 is 18.3 Å². The Hall–Kier alpha value is -0.610. The first-order chi connectivity index (χ1) is 8.38. The van der Waals surface area contributed by atoms with Crippen molar-refractivity contribution in [2.75, 3.05) is 11.6 Å². The molecule has 18 heavy (non-hydrogen) atoms. The predicted octanol–water partition coefficient (Wildman–Crippen LogP) is 0.355. The lowest BCUT2D eigenvalue weighted by Crippen LogP contribution is -2.36. The second-order valence-corrected chi connectivity index (χ2v) is 7.82. The van der Waals surface area contributed by atoms with Gasteiger partial charge < -0.3 is 5.11 Å². The maximum Gasteiger partial charge on any atom is 0.321 e. The summed E-state index contributed by atoms with van der Waals surface area (Å²) in [4.78, 5) is 13.6. The number of aliphatic carboxylic acids is 1. The van der Waals surface area contributed by atoms with Crippen LogP contribution in [0.3, 0.4) is 0 Å². The Kier molecular flexibility index (Phi) is 3.97. The summed E-state index contributed by atoms with van der Waals surface area (Å²) in [6.45, 7) is 0.435. The van der Waals surface area contributed by atoms with Crippen LogP contribution >= 0.6 is 23.1 Å². The average molecular weight is 308 g/mol. The second-order valence-electron chi connectivity index (χ2n) is 3.87. The lowest BCUT2D eigenvalue weighted by Gasteiger charge is -2.18. The SMILES string of the molecule is NS(=O)(=O)c1ccc(CN2CSC[C@@H]2C(=O)O)s1. The van der Waals surface area contributed by atoms with Crippen molar-refractivity contribution in [3.63, 3.8) is 0 Å². The number of carboxylic acid groups (broad SMARTS) is 1. The fourth-order valence-corrected chi connectivity index (χ4v) is 4.65. The highest BCUT2D eigenvalue weighted by molar-refractivity contribution is 7.99. The third-order valence-corrected chi connectivity index (χ3v) is 6.11. The van der Waals surface area contributed by atoms with E-state index < -0.39 is 22.0 Å². The van der Waals surface area contributed by atoms with Crippen LogP contribution in [0.25, 0.3) is 0 Å². The summed E-state index contributed by atoms with van der Waals surface area (Å²) in [6.07, 6.45) is 0. The Morgan fingerprint density at radius 1 is 1.56 bits per heavy atom. The first-order valence-electron chi connectivity index (χ1n) is 5.04. The van der Waals surface area contributed by atoms with Gasteiger partial charge >= 0.3 is 5.97 Å². The van der Waals surface area contributed by atoms with Crippen molar-refractivity contribution in [2.24, 2.45) is 5.14 Å². The molecule has 0 spiro atoms. The highest BCUT2D eigenvalue weighted by Gasteiger charge is 2.31. The molecule has 1 saturated heterocycles. The first kappa shape index (κ1) is 13.8. The van der Waals surface area contributed by atoms with Gasteiger partial charge in [-0.2, -0.15) is 0 Å². The average Bonchev–Trinajstić information content (AvgIpc) is 2.85. The van der Waals surface area contributed by atoms with Crippen LogP contribution < -0.4 is 5.14 Å². The molecule has 1 aromatic heterocycles. The Morgan fingerprint density at radius 2 is 2.28 bits per heavy atom. The number of thioether (sulfide) groups is 1. The predicted molar refractivity (Wildman–Crippen MR) is 70.0 cm³/mol. The molecule has 2 rings (SSSR count). The maximum atomic E-state index is 11.1. The number of carboxylic acids is 1. The number of sulfonamides is 1. The highest BCUT2D eigenvalue weighted by Crippen LogP contribution is 2.27. The van der Waals surface area contributed by atoms with Crippen molar-refractivity contribution in [1.82, 2.24) is 4.90 Å². The van der Waals surface area contributed by atoms with Gasteiger partial charge in [-0.25, -0.2) is 13.6 Å². The zero-order valence-corrected chi connectivity index (χ0v) is 11.7. The van der Waals surface area contributed by atoms with Crippen LogP contribution in [0.15, 0.2) is 16.3 Å². The minimum atomic E-state index is -3.67. The molecule has 2 heterocycles. The minimum Gasteiger partial charge on any atom is -0.480 e. The zero-order valence-electron chi connectivity index (χ0n) is 9.27. The van der Waals surface area contributed by atoms with Crippen molar-refractivity contribution in [1.29, 1.82) is 0 Å². The molecule has 100 valence electrons. The van der Waals surface area contributed by atoms with Crippen molar-refractivity contribution >= 4 is 39.1 Å². The van der Waals surface area contributed by atoms with E-state index in [9.17, 15) is 13.2 Å². The lowest BCUT2D eigenvalue weighted by molar-refractivity contribution is -0.141. The molecule has 9 heteroatoms. The number of carbonyl (C=O) groups is 1. The van der Waals surface area contributed by atoms with E-state index in [1.54, 1.807) is 17.8 Å². The molecule has 0 radical (unpaired) electrons. The van der Waals surface area contributed by atoms with E-state index in [1.807, 2.05) is 4.90 Å². The summed E-state index contributed by atoms with van der Waals surface area (Å²) in [7, 11) is -3.67. The molecule has 0 aliphatic carbocycles. The van der Waals surface area contributed by atoms with Gasteiger partial charge in [-0.15, -0.1) is 23.1 Å². The summed E-state index contributed by atoms with van der Waals surface area (Å²) < 4.78 is 22.4. The number of hydrogen-bond donors (Lipinski definition) is 2. The summed E-state index contributed by atoms with van der Waals surface area (Å²) in [5.74, 6) is 0.353. The zero-order chi connectivity index (χ0) is 13.3. The monoisotopic (exact) mass is 308 g/mol. The molecule has 3 N–H and O–H groups in total. The molecule has 1 atom stereocenters. The Labute approximate surface area is 113 Å². The number of rotatable bonds is 4. The smallest absolute Gasteiger partial charge is 0.321 e. The van der Waals surface area contributed by atoms with Crippen LogP contribution in [0.5, 0.6) is 0 Å². The van der Waals surface area contributed by atoms with Gasteiger partial charge in [-0.05, 0) is 12.1 Å². The Balaban J connectivity index is 2.10. The van der Waals surface area contributed by atoms with E-state index in [0.29, 0.717) is 18.2 Å². The molecule has 0 aromatic carbocycles. The van der Waals surface area contributed by atoms with E-state index >= 15 is 0 Å². The lowest BCUT2D eigenvalue weighted by atomic mass is 10.3. The van der Waals surface area contributed by atoms with Gasteiger partial charge in [0, 0.05) is 23.1 Å². The normalized spacial score (nSPS) is 21.3. The minimum absolute atomic E-state index is 0.108. The van der Waals surface area contributed by atoms with E-state index in [1.165, 1.54) is 6.07 Å². The third kappa shape index (κ3) is 3.04. The van der Waals surface area contributed by atoms with Gasteiger partial charge in [0.25, 0.3) is 0 Å². The molecule has 0 saturated carbocycles. The van der Waals surface area contributed by atoms with E-state index in [4.69, 9.17) is 10.2 Å². The van der Waals surface area contributed by atoms with Gasteiger partial charge in [-0.3, -0.25) is 9.69 Å². The number of primary sulfonamides is 1. The summed E-state index contributed by atoms with van der Waals surface area (Å²) in [6, 6.07) is 2.62.